The van der Waals surface area contributed by atoms with Gasteiger partial charge in [-0.05, 0) is 30.3 Å². The van der Waals surface area contributed by atoms with Crippen LogP contribution in [0.3, 0.4) is 0 Å². The van der Waals surface area contributed by atoms with E-state index in [0.29, 0.717) is 22.0 Å². The molecular weight excluding hydrogens is 359 g/mol. The van der Waals surface area contributed by atoms with Gasteiger partial charge in [0.15, 0.2) is 5.82 Å². The van der Waals surface area contributed by atoms with E-state index in [-0.39, 0.29) is 5.69 Å². The molecule has 0 bridgehead atoms. The number of anilines is 2. The third-order valence-electron chi connectivity index (χ3n) is 4.20. The molecular formula is C23H16ClFN2. The minimum absolute atomic E-state index is 0.284. The number of benzene rings is 3. The van der Waals surface area contributed by atoms with Crippen molar-refractivity contribution in [2.45, 2.75) is 0 Å². The normalized spacial score (nSPS) is 10.6. The Kier molecular flexibility index (Phi) is 4.86. The van der Waals surface area contributed by atoms with Crippen molar-refractivity contribution < 1.29 is 4.39 Å². The molecule has 4 rings (SSSR count). The molecule has 27 heavy (non-hydrogen) atoms. The van der Waals surface area contributed by atoms with E-state index >= 15 is 4.39 Å². The lowest BCUT2D eigenvalue weighted by molar-refractivity contribution is 0.630. The molecule has 1 N–H and O–H groups in total. The molecule has 0 aliphatic carbocycles. The fourth-order valence-electron chi connectivity index (χ4n) is 2.85. The zero-order valence-electron chi connectivity index (χ0n) is 14.4. The molecule has 0 fully saturated rings. The van der Waals surface area contributed by atoms with Crippen molar-refractivity contribution in [3.8, 4) is 22.5 Å². The van der Waals surface area contributed by atoms with E-state index in [9.17, 15) is 0 Å². The van der Waals surface area contributed by atoms with Crippen molar-refractivity contribution in [3.05, 3.63) is 102 Å². The highest BCUT2D eigenvalue weighted by molar-refractivity contribution is 6.30. The van der Waals surface area contributed by atoms with Gasteiger partial charge in [0.05, 0.1) is 11.4 Å². The van der Waals surface area contributed by atoms with Crippen LogP contribution in [0, 0.1) is 5.82 Å². The van der Waals surface area contributed by atoms with Gasteiger partial charge in [0, 0.05) is 21.8 Å². The van der Waals surface area contributed by atoms with Crippen LogP contribution in [0.25, 0.3) is 22.5 Å². The SMILES string of the molecule is Fc1c(Nc2ccccc2)cc(-c2ccccc2)nc1-c1ccc(Cl)cc1. The maximum Gasteiger partial charge on any atom is 0.172 e. The van der Waals surface area contributed by atoms with Crippen molar-refractivity contribution in [1.82, 2.24) is 4.98 Å². The summed E-state index contributed by atoms with van der Waals surface area (Å²) >= 11 is 5.98. The third kappa shape index (κ3) is 3.83. The molecule has 1 aromatic heterocycles. The van der Waals surface area contributed by atoms with Crippen molar-refractivity contribution in [2.75, 3.05) is 5.32 Å². The van der Waals surface area contributed by atoms with E-state index in [2.05, 4.69) is 10.3 Å². The Morgan fingerprint density at radius 2 is 1.37 bits per heavy atom. The number of halogens is 2. The molecule has 0 aliphatic heterocycles. The van der Waals surface area contributed by atoms with Crippen LogP contribution in [-0.4, -0.2) is 4.98 Å². The molecule has 2 nitrogen and oxygen atoms in total. The predicted molar refractivity (Wildman–Crippen MR) is 110 cm³/mol. The van der Waals surface area contributed by atoms with Crippen LogP contribution in [0.2, 0.25) is 5.02 Å². The van der Waals surface area contributed by atoms with Gasteiger partial charge in [-0.1, -0.05) is 72.3 Å². The van der Waals surface area contributed by atoms with Crippen molar-refractivity contribution in [3.63, 3.8) is 0 Å². The summed E-state index contributed by atoms with van der Waals surface area (Å²) < 4.78 is 15.3. The number of pyridine rings is 1. The van der Waals surface area contributed by atoms with Gasteiger partial charge in [0.2, 0.25) is 0 Å². The third-order valence-corrected chi connectivity index (χ3v) is 4.45. The Labute approximate surface area is 162 Å². The first-order chi connectivity index (χ1) is 13.2. The summed E-state index contributed by atoms with van der Waals surface area (Å²) in [5.74, 6) is -0.402. The van der Waals surface area contributed by atoms with Crippen LogP contribution >= 0.6 is 11.6 Å². The average molecular weight is 375 g/mol. The van der Waals surface area contributed by atoms with Crippen LogP contribution in [0.4, 0.5) is 15.8 Å². The predicted octanol–water partition coefficient (Wildman–Crippen LogP) is 6.95. The fraction of sp³-hybridized carbons (Fsp3) is 0. The van der Waals surface area contributed by atoms with Crippen molar-refractivity contribution >= 4 is 23.0 Å². The highest BCUT2D eigenvalue weighted by atomic mass is 35.5. The standard InChI is InChI=1S/C23H16ClFN2/c24-18-13-11-17(12-14-18)23-22(25)21(26-19-9-5-2-6-10-19)15-20(27-23)16-7-3-1-4-8-16/h1-15H,(H,26,27). The lowest BCUT2D eigenvalue weighted by Gasteiger charge is -2.13. The summed E-state index contributed by atoms with van der Waals surface area (Å²) in [6.07, 6.45) is 0. The number of rotatable bonds is 4. The Hall–Kier alpha value is -3.17. The molecule has 0 saturated carbocycles. The van der Waals surface area contributed by atoms with Gasteiger partial charge < -0.3 is 5.32 Å². The summed E-state index contributed by atoms with van der Waals surface area (Å²) in [6, 6.07) is 28.0. The number of para-hydroxylation sites is 1. The second-order valence-corrected chi connectivity index (χ2v) is 6.52. The molecule has 0 atom stereocenters. The van der Waals surface area contributed by atoms with E-state index in [0.717, 1.165) is 11.3 Å². The van der Waals surface area contributed by atoms with Crippen LogP contribution in [0.1, 0.15) is 0 Å². The smallest absolute Gasteiger partial charge is 0.172 e. The molecule has 0 spiro atoms. The molecule has 0 unspecified atom stereocenters. The van der Waals surface area contributed by atoms with Crippen LogP contribution in [-0.2, 0) is 0 Å². The molecule has 4 heteroatoms. The summed E-state index contributed by atoms with van der Waals surface area (Å²) in [5, 5.41) is 3.76. The van der Waals surface area contributed by atoms with Gasteiger partial charge in [-0.15, -0.1) is 0 Å². The second kappa shape index (κ2) is 7.60. The van der Waals surface area contributed by atoms with E-state index < -0.39 is 5.82 Å². The first kappa shape index (κ1) is 17.3. The average Bonchev–Trinajstić information content (AvgIpc) is 2.72. The largest absolute Gasteiger partial charge is 0.353 e. The maximum atomic E-state index is 15.3. The number of aromatic nitrogens is 1. The molecule has 0 saturated heterocycles. The van der Waals surface area contributed by atoms with Crippen molar-refractivity contribution in [2.24, 2.45) is 0 Å². The summed E-state index contributed by atoms with van der Waals surface area (Å²) in [4.78, 5) is 4.59. The first-order valence-corrected chi connectivity index (χ1v) is 8.92. The van der Waals surface area contributed by atoms with Gasteiger partial charge in [0.25, 0.3) is 0 Å². The van der Waals surface area contributed by atoms with Crippen LogP contribution in [0.15, 0.2) is 91.0 Å². The van der Waals surface area contributed by atoms with E-state index in [4.69, 9.17) is 11.6 Å². The topological polar surface area (TPSA) is 24.9 Å². The number of nitrogens with one attached hydrogen (secondary N) is 1. The number of hydrogen-bond donors (Lipinski definition) is 1. The highest BCUT2D eigenvalue weighted by Gasteiger charge is 2.16. The monoisotopic (exact) mass is 374 g/mol. The Morgan fingerprint density at radius 1 is 0.741 bits per heavy atom. The Morgan fingerprint density at radius 3 is 2.04 bits per heavy atom. The molecule has 132 valence electrons. The first-order valence-electron chi connectivity index (χ1n) is 8.55. The van der Waals surface area contributed by atoms with E-state index in [1.165, 1.54) is 0 Å². The fourth-order valence-corrected chi connectivity index (χ4v) is 2.98. The number of hydrogen-bond acceptors (Lipinski definition) is 2. The summed E-state index contributed by atoms with van der Waals surface area (Å²) in [5.41, 5.74) is 3.75. The van der Waals surface area contributed by atoms with E-state index in [1.54, 1.807) is 30.3 Å². The summed E-state index contributed by atoms with van der Waals surface area (Å²) in [6.45, 7) is 0. The van der Waals surface area contributed by atoms with Gasteiger partial charge in [-0.3, -0.25) is 0 Å². The molecule has 1 heterocycles. The lowest BCUT2D eigenvalue weighted by Crippen LogP contribution is -2.00. The second-order valence-electron chi connectivity index (χ2n) is 6.08. The van der Waals surface area contributed by atoms with Crippen molar-refractivity contribution in [1.29, 1.82) is 0 Å². The van der Waals surface area contributed by atoms with Gasteiger partial charge in [-0.25, -0.2) is 9.37 Å². The molecule has 0 aliphatic rings. The zero-order valence-corrected chi connectivity index (χ0v) is 15.1. The lowest BCUT2D eigenvalue weighted by atomic mass is 10.1. The minimum atomic E-state index is -0.402. The van der Waals surface area contributed by atoms with Gasteiger partial charge >= 0.3 is 0 Å². The molecule has 3 aromatic carbocycles. The number of nitrogens with zero attached hydrogens (tertiary/aromatic N) is 1. The van der Waals surface area contributed by atoms with Gasteiger partial charge in [0.1, 0.15) is 5.69 Å². The van der Waals surface area contributed by atoms with Gasteiger partial charge in [-0.2, -0.15) is 0 Å². The molecule has 0 radical (unpaired) electrons. The highest BCUT2D eigenvalue weighted by Crippen LogP contribution is 2.32. The molecule has 0 amide bonds. The Bertz CT molecular complexity index is 1050. The van der Waals surface area contributed by atoms with Crippen LogP contribution < -0.4 is 5.32 Å². The zero-order chi connectivity index (χ0) is 18.6. The molecule has 4 aromatic rings. The quantitative estimate of drug-likeness (QED) is 0.418. The Balaban J connectivity index is 1.87. The minimum Gasteiger partial charge on any atom is -0.353 e. The van der Waals surface area contributed by atoms with Crippen LogP contribution in [0.5, 0.6) is 0 Å². The summed E-state index contributed by atoms with van der Waals surface area (Å²) in [7, 11) is 0. The maximum absolute atomic E-state index is 15.3. The van der Waals surface area contributed by atoms with E-state index in [1.807, 2.05) is 60.7 Å².